The van der Waals surface area contributed by atoms with Gasteiger partial charge < -0.3 is 10.6 Å². The lowest BCUT2D eigenvalue weighted by atomic mass is 10.2. The van der Waals surface area contributed by atoms with E-state index < -0.39 is 0 Å². The quantitative estimate of drug-likeness (QED) is 0.804. The minimum atomic E-state index is -0.0541. The number of nitrogens with zero attached hydrogens (tertiary/aromatic N) is 2. The molecule has 1 aromatic carbocycles. The van der Waals surface area contributed by atoms with E-state index in [-0.39, 0.29) is 5.91 Å². The summed E-state index contributed by atoms with van der Waals surface area (Å²) in [6.45, 7) is 3.51. The first-order valence-corrected chi connectivity index (χ1v) is 6.89. The maximum Gasteiger partial charge on any atom is 0.225 e. The molecule has 1 amide bonds. The molecule has 2 N–H and O–H groups in total. The van der Waals surface area contributed by atoms with Crippen LogP contribution in [0, 0.1) is 0 Å². The van der Waals surface area contributed by atoms with Gasteiger partial charge in [-0.2, -0.15) is 5.10 Å². The van der Waals surface area contributed by atoms with Crippen molar-refractivity contribution in [2.45, 2.75) is 13.3 Å². The van der Waals surface area contributed by atoms with Crippen LogP contribution in [0.1, 0.15) is 13.3 Å². The van der Waals surface area contributed by atoms with E-state index in [1.165, 1.54) is 0 Å². The number of nitrogens with one attached hydrogen (secondary N) is 2. The van der Waals surface area contributed by atoms with Crippen molar-refractivity contribution in [1.82, 2.24) is 15.1 Å². The summed E-state index contributed by atoms with van der Waals surface area (Å²) < 4.78 is 1.64. The molecule has 0 radical (unpaired) electrons. The Hall–Kier alpha value is -1.85. The molecule has 6 heteroatoms. The zero-order valence-electron chi connectivity index (χ0n) is 11.3. The van der Waals surface area contributed by atoms with Gasteiger partial charge in [0.2, 0.25) is 5.91 Å². The van der Waals surface area contributed by atoms with Crippen LogP contribution in [0.4, 0.5) is 5.69 Å². The Morgan fingerprint density at radius 2 is 2.25 bits per heavy atom. The van der Waals surface area contributed by atoms with Gasteiger partial charge in [-0.1, -0.05) is 24.6 Å². The highest BCUT2D eigenvalue weighted by Gasteiger charge is 2.11. The van der Waals surface area contributed by atoms with Crippen LogP contribution in [0.25, 0.3) is 5.69 Å². The maximum absolute atomic E-state index is 11.9. The normalized spacial score (nSPS) is 10.5. The number of hydrogen-bond donors (Lipinski definition) is 2. The fraction of sp³-hybridized carbons (Fsp3) is 0.286. The Morgan fingerprint density at radius 1 is 1.40 bits per heavy atom. The highest BCUT2D eigenvalue weighted by Crippen LogP contribution is 2.27. The van der Waals surface area contributed by atoms with Gasteiger partial charge >= 0.3 is 0 Å². The van der Waals surface area contributed by atoms with Crippen molar-refractivity contribution < 1.29 is 4.79 Å². The molecule has 20 heavy (non-hydrogen) atoms. The SMILES string of the molecule is CCNCCC(=O)Nc1cccc(Cl)c1-n1cccn1. The third-order valence-corrected chi connectivity index (χ3v) is 3.08. The van der Waals surface area contributed by atoms with Crippen LogP contribution < -0.4 is 10.6 Å². The van der Waals surface area contributed by atoms with Gasteiger partial charge in [-0.15, -0.1) is 0 Å². The van der Waals surface area contributed by atoms with E-state index in [1.807, 2.05) is 13.0 Å². The summed E-state index contributed by atoms with van der Waals surface area (Å²) in [6.07, 6.45) is 3.87. The molecule has 5 nitrogen and oxygen atoms in total. The predicted octanol–water partition coefficient (Wildman–Crippen LogP) is 2.46. The standard InChI is InChI=1S/C14H17ClN4O/c1-2-16-9-7-13(20)18-12-6-3-5-11(15)14(12)19-10-4-8-17-19/h3-6,8,10,16H,2,7,9H2,1H3,(H,18,20). The number of halogens is 1. The monoisotopic (exact) mass is 292 g/mol. The minimum Gasteiger partial charge on any atom is -0.324 e. The first-order valence-electron chi connectivity index (χ1n) is 6.51. The molecule has 1 heterocycles. The van der Waals surface area contributed by atoms with Crippen molar-refractivity contribution >= 4 is 23.2 Å². The average molecular weight is 293 g/mol. The van der Waals surface area contributed by atoms with E-state index >= 15 is 0 Å². The van der Waals surface area contributed by atoms with Crippen LogP contribution in [0.15, 0.2) is 36.7 Å². The van der Waals surface area contributed by atoms with Crippen molar-refractivity contribution in [3.05, 3.63) is 41.7 Å². The number of benzene rings is 1. The van der Waals surface area contributed by atoms with E-state index in [9.17, 15) is 4.79 Å². The van der Waals surface area contributed by atoms with Crippen molar-refractivity contribution in [3.8, 4) is 5.69 Å². The van der Waals surface area contributed by atoms with Gasteiger partial charge in [-0.3, -0.25) is 4.79 Å². The number of anilines is 1. The topological polar surface area (TPSA) is 59.0 Å². The Balaban J connectivity index is 2.16. The van der Waals surface area contributed by atoms with E-state index in [2.05, 4.69) is 15.7 Å². The molecule has 0 bridgehead atoms. The first-order chi connectivity index (χ1) is 9.72. The summed E-state index contributed by atoms with van der Waals surface area (Å²) in [5.41, 5.74) is 1.33. The molecule has 106 valence electrons. The van der Waals surface area contributed by atoms with Gasteiger partial charge in [0.05, 0.1) is 10.7 Å². The second-order valence-electron chi connectivity index (χ2n) is 4.24. The molecular weight excluding hydrogens is 276 g/mol. The summed E-state index contributed by atoms with van der Waals surface area (Å²) in [5.74, 6) is -0.0541. The molecule has 2 aromatic rings. The highest BCUT2D eigenvalue weighted by atomic mass is 35.5. The molecular formula is C14H17ClN4O. The number of para-hydroxylation sites is 1. The predicted molar refractivity (Wildman–Crippen MR) is 80.4 cm³/mol. The molecule has 2 rings (SSSR count). The number of hydrogen-bond acceptors (Lipinski definition) is 3. The molecule has 0 aliphatic carbocycles. The highest BCUT2D eigenvalue weighted by molar-refractivity contribution is 6.33. The van der Waals surface area contributed by atoms with Crippen LogP contribution >= 0.6 is 11.6 Å². The van der Waals surface area contributed by atoms with Crippen LogP contribution in [0.5, 0.6) is 0 Å². The number of carbonyl (C=O) groups is 1. The van der Waals surface area contributed by atoms with Gasteiger partial charge in [-0.05, 0) is 24.7 Å². The Morgan fingerprint density at radius 3 is 2.95 bits per heavy atom. The average Bonchev–Trinajstić information content (AvgIpc) is 2.93. The Bertz CT molecular complexity index is 569. The van der Waals surface area contributed by atoms with Crippen LogP contribution in [-0.4, -0.2) is 28.8 Å². The summed E-state index contributed by atoms with van der Waals surface area (Å²) in [6, 6.07) is 7.19. The first kappa shape index (κ1) is 14.6. The van der Waals surface area contributed by atoms with Crippen LogP contribution in [-0.2, 0) is 4.79 Å². The van der Waals surface area contributed by atoms with Gasteiger partial charge in [0.1, 0.15) is 5.69 Å². The molecule has 0 fully saturated rings. The van der Waals surface area contributed by atoms with Crippen molar-refractivity contribution in [2.75, 3.05) is 18.4 Å². The lowest BCUT2D eigenvalue weighted by molar-refractivity contribution is -0.116. The Kier molecular flexibility index (Phi) is 5.15. The third-order valence-electron chi connectivity index (χ3n) is 2.77. The molecule has 0 saturated carbocycles. The lowest BCUT2D eigenvalue weighted by Gasteiger charge is -2.12. The summed E-state index contributed by atoms with van der Waals surface area (Å²) in [4.78, 5) is 11.9. The van der Waals surface area contributed by atoms with E-state index in [0.29, 0.717) is 29.4 Å². The van der Waals surface area contributed by atoms with Crippen molar-refractivity contribution in [3.63, 3.8) is 0 Å². The number of rotatable bonds is 6. The lowest BCUT2D eigenvalue weighted by Crippen LogP contribution is -2.22. The van der Waals surface area contributed by atoms with Crippen LogP contribution in [0.3, 0.4) is 0 Å². The van der Waals surface area contributed by atoms with Crippen molar-refractivity contribution in [2.24, 2.45) is 0 Å². The minimum absolute atomic E-state index is 0.0541. The fourth-order valence-corrected chi connectivity index (χ4v) is 2.10. The van der Waals surface area contributed by atoms with Crippen molar-refractivity contribution in [1.29, 1.82) is 0 Å². The second-order valence-corrected chi connectivity index (χ2v) is 4.65. The molecule has 0 aliphatic rings. The van der Waals surface area contributed by atoms with E-state index in [4.69, 9.17) is 11.6 Å². The van der Waals surface area contributed by atoms with Gasteiger partial charge in [0.25, 0.3) is 0 Å². The molecule has 0 saturated heterocycles. The number of amides is 1. The summed E-state index contributed by atoms with van der Waals surface area (Å²) in [7, 11) is 0. The van der Waals surface area contributed by atoms with E-state index in [1.54, 1.807) is 35.3 Å². The number of carbonyl (C=O) groups excluding carboxylic acids is 1. The zero-order valence-corrected chi connectivity index (χ0v) is 12.0. The molecule has 0 aliphatic heterocycles. The fourth-order valence-electron chi connectivity index (χ4n) is 1.84. The summed E-state index contributed by atoms with van der Waals surface area (Å²) in [5, 5.41) is 10.7. The molecule has 0 unspecified atom stereocenters. The van der Waals surface area contributed by atoms with Gasteiger partial charge in [0, 0.05) is 25.4 Å². The zero-order chi connectivity index (χ0) is 14.4. The number of aromatic nitrogens is 2. The molecule has 0 spiro atoms. The second kappa shape index (κ2) is 7.07. The molecule has 0 atom stereocenters. The van der Waals surface area contributed by atoms with Crippen LogP contribution in [0.2, 0.25) is 5.02 Å². The van der Waals surface area contributed by atoms with Gasteiger partial charge in [-0.25, -0.2) is 4.68 Å². The largest absolute Gasteiger partial charge is 0.324 e. The maximum atomic E-state index is 11.9. The third kappa shape index (κ3) is 3.59. The smallest absolute Gasteiger partial charge is 0.225 e. The Labute approximate surface area is 122 Å². The molecule has 1 aromatic heterocycles. The van der Waals surface area contributed by atoms with Gasteiger partial charge in [0.15, 0.2) is 0 Å². The van der Waals surface area contributed by atoms with E-state index in [0.717, 1.165) is 6.54 Å². The summed E-state index contributed by atoms with van der Waals surface area (Å²) >= 11 is 6.21.